The van der Waals surface area contributed by atoms with Crippen LogP contribution < -0.4 is 5.32 Å². The number of rotatable bonds is 38. The molecule has 3 aliphatic heterocycles. The third kappa shape index (κ3) is 23.5. The lowest BCUT2D eigenvalue weighted by atomic mass is 9.96. The average molecular weight is 1050 g/mol. The van der Waals surface area contributed by atoms with Gasteiger partial charge in [0.2, 0.25) is 5.91 Å². The second kappa shape index (κ2) is 38.3. The zero-order chi connectivity index (χ0) is 53.4. The van der Waals surface area contributed by atoms with Crippen molar-refractivity contribution in [3.63, 3.8) is 0 Å². The molecule has 424 valence electrons. The van der Waals surface area contributed by atoms with Crippen LogP contribution in [0.1, 0.15) is 155 Å². The first-order chi connectivity index (χ1) is 35.3. The zero-order valence-electron chi connectivity index (χ0n) is 43.6. The number of aliphatic hydroxyl groups excluding tert-OH is 11. The first-order valence-electron chi connectivity index (χ1n) is 27.4. The second-order valence-corrected chi connectivity index (χ2v) is 19.7. The summed E-state index contributed by atoms with van der Waals surface area (Å²) in [6, 6.07) is -0.998. The number of carbonyl (C=O) groups is 1. The average Bonchev–Trinajstić information content (AvgIpc) is 3.39. The Balaban J connectivity index is 1.57. The van der Waals surface area contributed by atoms with Crippen molar-refractivity contribution in [2.45, 2.75) is 259 Å². The van der Waals surface area contributed by atoms with Gasteiger partial charge in [-0.25, -0.2) is 0 Å². The Hall–Kier alpha value is -2.25. The van der Waals surface area contributed by atoms with Crippen molar-refractivity contribution in [3.05, 3.63) is 48.6 Å². The van der Waals surface area contributed by atoms with Crippen LogP contribution in [-0.4, -0.2) is 193 Å². The van der Waals surface area contributed by atoms with E-state index < -0.39 is 124 Å². The summed E-state index contributed by atoms with van der Waals surface area (Å²) >= 11 is 0. The topological polar surface area (TPSA) is 307 Å². The second-order valence-electron chi connectivity index (χ2n) is 19.7. The van der Waals surface area contributed by atoms with E-state index in [9.17, 15) is 61.0 Å². The number of aliphatic hydroxyl groups is 11. The predicted molar refractivity (Wildman–Crippen MR) is 272 cm³/mol. The Morgan fingerprint density at radius 3 is 1.38 bits per heavy atom. The van der Waals surface area contributed by atoms with Gasteiger partial charge in [0, 0.05) is 6.42 Å². The van der Waals surface area contributed by atoms with Crippen LogP contribution in [0.2, 0.25) is 0 Å². The van der Waals surface area contributed by atoms with Crippen LogP contribution in [0.5, 0.6) is 0 Å². The molecule has 0 aromatic heterocycles. The number of hydrogen-bond acceptors (Lipinski definition) is 18. The van der Waals surface area contributed by atoms with Gasteiger partial charge in [-0.15, -0.1) is 0 Å². The van der Waals surface area contributed by atoms with Gasteiger partial charge < -0.3 is 89.9 Å². The molecule has 0 aromatic rings. The van der Waals surface area contributed by atoms with Crippen LogP contribution in [0, 0.1) is 0 Å². The summed E-state index contributed by atoms with van der Waals surface area (Å²) in [4.78, 5) is 13.2. The molecule has 0 spiro atoms. The van der Waals surface area contributed by atoms with Gasteiger partial charge in [0.15, 0.2) is 18.9 Å². The van der Waals surface area contributed by atoms with Crippen molar-refractivity contribution < 1.29 is 89.4 Å². The lowest BCUT2D eigenvalue weighted by Crippen LogP contribution is -2.66. The SMILES string of the molecule is CCCCCC/C=C\CCCCCCCC(=O)NC(COC1OC(CO)C(OC2OC(CO)C(OC3OC(CO)C(O)C(O)C3O)C(O)C2O)C(O)C1O)C(O)/C=C/CC/C=C/CC/C=C/CCCCCCC. The van der Waals surface area contributed by atoms with Crippen molar-refractivity contribution in [1.82, 2.24) is 5.32 Å². The molecule has 3 aliphatic rings. The summed E-state index contributed by atoms with van der Waals surface area (Å²) in [5.41, 5.74) is 0. The molecule has 0 aliphatic carbocycles. The molecule has 19 heteroatoms. The Kier molecular flexibility index (Phi) is 34.1. The maximum absolute atomic E-state index is 13.2. The maximum atomic E-state index is 13.2. The van der Waals surface area contributed by atoms with Crippen LogP contribution in [0.25, 0.3) is 0 Å². The number of nitrogens with one attached hydrogen (secondary N) is 1. The van der Waals surface area contributed by atoms with Gasteiger partial charge in [-0.1, -0.05) is 127 Å². The fourth-order valence-electron chi connectivity index (χ4n) is 8.98. The molecular weight excluding hydrogens is 951 g/mol. The highest BCUT2D eigenvalue weighted by molar-refractivity contribution is 5.76. The molecule has 19 nitrogen and oxygen atoms in total. The normalized spacial score (nSPS) is 32.1. The fraction of sp³-hybridized carbons (Fsp3) is 0.833. The number of amides is 1. The summed E-state index contributed by atoms with van der Waals surface area (Å²) in [6.07, 6.45) is 12.5. The highest BCUT2D eigenvalue weighted by atomic mass is 16.8. The van der Waals surface area contributed by atoms with Crippen LogP contribution in [-0.2, 0) is 33.2 Å². The molecule has 0 aromatic carbocycles. The molecule has 0 radical (unpaired) electrons. The molecule has 3 heterocycles. The quantitative estimate of drug-likeness (QED) is 0.0312. The maximum Gasteiger partial charge on any atom is 0.220 e. The van der Waals surface area contributed by atoms with Gasteiger partial charge in [-0.3, -0.25) is 4.79 Å². The largest absolute Gasteiger partial charge is 0.394 e. The minimum atomic E-state index is -1.98. The molecule has 0 saturated carbocycles. The van der Waals surface area contributed by atoms with E-state index in [2.05, 4.69) is 55.6 Å². The number of carbonyl (C=O) groups excluding carboxylic acids is 1. The fourth-order valence-corrected chi connectivity index (χ4v) is 8.98. The van der Waals surface area contributed by atoms with Crippen molar-refractivity contribution in [1.29, 1.82) is 0 Å². The van der Waals surface area contributed by atoms with Gasteiger partial charge in [0.1, 0.15) is 73.2 Å². The highest BCUT2D eigenvalue weighted by Crippen LogP contribution is 2.33. The lowest BCUT2D eigenvalue weighted by molar-refractivity contribution is -0.379. The Morgan fingerprint density at radius 2 is 0.877 bits per heavy atom. The molecule has 17 unspecified atom stereocenters. The molecule has 12 N–H and O–H groups in total. The molecule has 1 amide bonds. The Bertz CT molecular complexity index is 1530. The van der Waals surface area contributed by atoms with E-state index >= 15 is 0 Å². The van der Waals surface area contributed by atoms with Crippen LogP contribution >= 0.6 is 0 Å². The first-order valence-corrected chi connectivity index (χ1v) is 27.4. The standard InChI is InChI=1S/C54H95NO18/c1-3-5-7-9-11-13-15-17-18-20-21-23-25-27-29-31-38(59)37(55-42(60)32-30-28-26-24-22-19-16-14-12-10-8-6-4-2)36-68-52-48(66)45(63)50(40(34-57)70-52)73-54-49(67)46(64)51(41(35-58)71-54)72-53-47(65)44(62)43(61)39(33-56)69-53/h14-17,21,23,29,31,37-41,43-54,56-59,61-67H,3-13,18-20,22,24-28,30,32-36H2,1-2H3,(H,55,60)/b16-14-,17-15+,23-21+,31-29+. The Labute approximate surface area is 433 Å². The van der Waals surface area contributed by atoms with E-state index in [0.29, 0.717) is 12.8 Å². The van der Waals surface area contributed by atoms with Gasteiger partial charge in [0.05, 0.1) is 38.6 Å². The number of ether oxygens (including phenoxy) is 6. The van der Waals surface area contributed by atoms with Gasteiger partial charge in [-0.05, 0) is 70.6 Å². The molecule has 3 saturated heterocycles. The monoisotopic (exact) mass is 1050 g/mol. The Morgan fingerprint density at radius 1 is 0.479 bits per heavy atom. The van der Waals surface area contributed by atoms with E-state index in [4.69, 9.17) is 28.4 Å². The molecule has 73 heavy (non-hydrogen) atoms. The first kappa shape index (κ1) is 65.0. The minimum absolute atomic E-state index is 0.220. The van der Waals surface area contributed by atoms with E-state index in [1.807, 2.05) is 6.08 Å². The third-order valence-corrected chi connectivity index (χ3v) is 13.6. The summed E-state index contributed by atoms with van der Waals surface area (Å²) in [6.45, 7) is 1.62. The van der Waals surface area contributed by atoms with E-state index in [-0.39, 0.29) is 18.9 Å². The highest BCUT2D eigenvalue weighted by Gasteiger charge is 2.53. The molecule has 17 atom stereocenters. The summed E-state index contributed by atoms with van der Waals surface area (Å²) in [5.74, 6) is -0.303. The van der Waals surface area contributed by atoms with E-state index in [0.717, 1.165) is 64.2 Å². The van der Waals surface area contributed by atoms with E-state index in [1.165, 1.54) is 57.8 Å². The number of allylic oxidation sites excluding steroid dienone is 7. The predicted octanol–water partition coefficient (Wildman–Crippen LogP) is 3.14. The number of hydrogen-bond donors (Lipinski definition) is 12. The van der Waals surface area contributed by atoms with Gasteiger partial charge >= 0.3 is 0 Å². The van der Waals surface area contributed by atoms with Crippen LogP contribution in [0.4, 0.5) is 0 Å². The van der Waals surface area contributed by atoms with Gasteiger partial charge in [0.25, 0.3) is 0 Å². The smallest absolute Gasteiger partial charge is 0.220 e. The summed E-state index contributed by atoms with van der Waals surface area (Å²) in [7, 11) is 0. The summed E-state index contributed by atoms with van der Waals surface area (Å²) in [5, 5.41) is 120. The molecule has 3 rings (SSSR count). The minimum Gasteiger partial charge on any atom is -0.394 e. The van der Waals surface area contributed by atoms with Crippen molar-refractivity contribution >= 4 is 5.91 Å². The summed E-state index contributed by atoms with van der Waals surface area (Å²) < 4.78 is 34.1. The van der Waals surface area contributed by atoms with E-state index in [1.54, 1.807) is 6.08 Å². The lowest BCUT2D eigenvalue weighted by Gasteiger charge is -2.48. The van der Waals surface area contributed by atoms with Crippen LogP contribution in [0.15, 0.2) is 48.6 Å². The zero-order valence-corrected chi connectivity index (χ0v) is 43.6. The molecule has 3 fully saturated rings. The third-order valence-electron chi connectivity index (χ3n) is 13.6. The molecule has 0 bridgehead atoms. The number of unbranched alkanes of at least 4 members (excludes halogenated alkanes) is 16. The van der Waals surface area contributed by atoms with Crippen molar-refractivity contribution in [3.8, 4) is 0 Å². The van der Waals surface area contributed by atoms with Gasteiger partial charge in [-0.2, -0.15) is 0 Å². The van der Waals surface area contributed by atoms with Crippen molar-refractivity contribution in [2.75, 3.05) is 26.4 Å². The molecular formula is C54H95NO18. The van der Waals surface area contributed by atoms with Crippen LogP contribution in [0.3, 0.4) is 0 Å². The van der Waals surface area contributed by atoms with Crippen molar-refractivity contribution in [2.24, 2.45) is 0 Å².